The van der Waals surface area contributed by atoms with E-state index in [4.69, 9.17) is 4.74 Å². The van der Waals surface area contributed by atoms with Crippen LogP contribution in [0.3, 0.4) is 0 Å². The highest BCUT2D eigenvalue weighted by Crippen LogP contribution is 2.49. The van der Waals surface area contributed by atoms with Crippen molar-refractivity contribution in [3.63, 3.8) is 0 Å². The number of carbonyl (C=O) groups is 2. The molecule has 8 heteroatoms. The standard InChI is InChI=1S/C23H35FN4O3/c1-22(2,3)31-21(30)28-10-8-23(15-28)13-17(14-23)26-19-7-6-16(12-18(19)24)20(29)25-9-11-27(4)5/h6-7,12,17,26H,8-11,13-15H2,1-5H3,(H,25,29). The summed E-state index contributed by atoms with van der Waals surface area (Å²) < 4.78 is 20.0. The lowest BCUT2D eigenvalue weighted by Gasteiger charge is -2.45. The van der Waals surface area contributed by atoms with E-state index in [2.05, 4.69) is 10.6 Å². The molecular formula is C23H35FN4O3. The number of nitrogens with zero attached hydrogens (tertiary/aromatic N) is 2. The zero-order valence-corrected chi connectivity index (χ0v) is 19.3. The molecule has 31 heavy (non-hydrogen) atoms. The van der Waals surface area contributed by atoms with Crippen LogP contribution in [0.15, 0.2) is 18.2 Å². The van der Waals surface area contributed by atoms with Crippen molar-refractivity contribution < 1.29 is 18.7 Å². The number of hydrogen-bond donors (Lipinski definition) is 2. The number of amides is 2. The molecule has 1 saturated carbocycles. The van der Waals surface area contributed by atoms with Crippen molar-refractivity contribution >= 4 is 17.7 Å². The lowest BCUT2D eigenvalue weighted by molar-refractivity contribution is 0.0237. The second kappa shape index (κ2) is 9.02. The molecule has 1 heterocycles. The molecule has 7 nitrogen and oxygen atoms in total. The van der Waals surface area contributed by atoms with E-state index in [1.807, 2.05) is 39.8 Å². The third-order valence-electron chi connectivity index (χ3n) is 5.88. The lowest BCUT2D eigenvalue weighted by Crippen LogP contribution is -2.47. The number of carbonyl (C=O) groups excluding carboxylic acids is 2. The van der Waals surface area contributed by atoms with Gasteiger partial charge in [0.2, 0.25) is 0 Å². The number of ether oxygens (including phenoxy) is 1. The van der Waals surface area contributed by atoms with Gasteiger partial charge in [-0.2, -0.15) is 0 Å². The monoisotopic (exact) mass is 434 g/mol. The summed E-state index contributed by atoms with van der Waals surface area (Å²) in [5.41, 5.74) is 0.322. The van der Waals surface area contributed by atoms with Crippen LogP contribution in [0.25, 0.3) is 0 Å². The highest BCUT2D eigenvalue weighted by atomic mass is 19.1. The summed E-state index contributed by atoms with van der Waals surface area (Å²) in [5.74, 6) is -0.703. The number of nitrogens with one attached hydrogen (secondary N) is 2. The van der Waals surface area contributed by atoms with E-state index in [-0.39, 0.29) is 23.5 Å². The molecule has 2 aliphatic rings. The normalized spacial score (nSPS) is 23.1. The predicted octanol–water partition coefficient (Wildman–Crippen LogP) is 3.32. The fourth-order valence-electron chi connectivity index (χ4n) is 4.33. The smallest absolute Gasteiger partial charge is 0.410 e. The number of rotatable bonds is 6. The Morgan fingerprint density at radius 1 is 1.29 bits per heavy atom. The number of likely N-dealkylation sites (tertiary alicyclic amines) is 1. The quantitative estimate of drug-likeness (QED) is 0.719. The Morgan fingerprint density at radius 3 is 2.61 bits per heavy atom. The third-order valence-corrected chi connectivity index (χ3v) is 5.88. The van der Waals surface area contributed by atoms with Gasteiger partial charge in [-0.05, 0) is 77.7 Å². The number of benzene rings is 1. The molecule has 1 aliphatic heterocycles. The number of likely N-dealkylation sites (N-methyl/N-ethyl adjacent to an activating group) is 1. The van der Waals surface area contributed by atoms with Gasteiger partial charge >= 0.3 is 6.09 Å². The highest BCUT2D eigenvalue weighted by Gasteiger charge is 2.50. The molecule has 1 aromatic carbocycles. The molecule has 2 fully saturated rings. The van der Waals surface area contributed by atoms with E-state index in [1.54, 1.807) is 17.0 Å². The van der Waals surface area contributed by atoms with Crippen molar-refractivity contribution in [2.45, 2.75) is 51.7 Å². The number of hydrogen-bond acceptors (Lipinski definition) is 5. The Bertz CT molecular complexity index is 816. The molecule has 1 spiro atoms. The molecule has 0 bridgehead atoms. The van der Waals surface area contributed by atoms with Crippen molar-refractivity contribution in [2.24, 2.45) is 5.41 Å². The average molecular weight is 435 g/mol. The SMILES string of the molecule is CN(C)CCNC(=O)c1ccc(NC2CC3(CCN(C(=O)OC(C)(C)C)C3)C2)c(F)c1. The maximum atomic E-state index is 14.6. The molecule has 1 saturated heterocycles. The summed E-state index contributed by atoms with van der Waals surface area (Å²) in [6.45, 7) is 8.23. The maximum absolute atomic E-state index is 14.6. The second-order valence-corrected chi connectivity index (χ2v) is 10.2. The van der Waals surface area contributed by atoms with E-state index in [0.29, 0.717) is 30.9 Å². The predicted molar refractivity (Wildman–Crippen MR) is 119 cm³/mol. The minimum atomic E-state index is -0.497. The van der Waals surface area contributed by atoms with E-state index in [0.717, 1.165) is 25.8 Å². The summed E-state index contributed by atoms with van der Waals surface area (Å²) in [6.07, 6.45) is 2.46. The molecule has 3 rings (SSSR count). The maximum Gasteiger partial charge on any atom is 0.410 e. The van der Waals surface area contributed by atoms with Gasteiger partial charge < -0.3 is 25.2 Å². The van der Waals surface area contributed by atoms with Gasteiger partial charge in [0, 0.05) is 37.8 Å². The minimum absolute atomic E-state index is 0.0946. The largest absolute Gasteiger partial charge is 0.444 e. The molecule has 1 aromatic rings. The molecular weight excluding hydrogens is 399 g/mol. The molecule has 0 radical (unpaired) electrons. The molecule has 0 aromatic heterocycles. The van der Waals surface area contributed by atoms with Gasteiger partial charge in [-0.1, -0.05) is 0 Å². The Balaban J connectivity index is 1.48. The van der Waals surface area contributed by atoms with Crippen LogP contribution in [0.5, 0.6) is 0 Å². The summed E-state index contributed by atoms with van der Waals surface area (Å²) in [5, 5.41) is 6.05. The molecule has 0 unspecified atom stereocenters. The van der Waals surface area contributed by atoms with Crippen LogP contribution in [-0.4, -0.2) is 73.7 Å². The summed E-state index contributed by atoms with van der Waals surface area (Å²) in [6, 6.07) is 4.71. The van der Waals surface area contributed by atoms with Gasteiger partial charge in [0.1, 0.15) is 11.4 Å². The summed E-state index contributed by atoms with van der Waals surface area (Å²) >= 11 is 0. The van der Waals surface area contributed by atoms with Crippen LogP contribution < -0.4 is 10.6 Å². The van der Waals surface area contributed by atoms with Crippen molar-refractivity contribution in [1.82, 2.24) is 15.1 Å². The van der Waals surface area contributed by atoms with Crippen LogP contribution in [0.1, 0.15) is 50.4 Å². The highest BCUT2D eigenvalue weighted by molar-refractivity contribution is 5.94. The Morgan fingerprint density at radius 2 is 2.00 bits per heavy atom. The topological polar surface area (TPSA) is 73.9 Å². The third kappa shape index (κ3) is 6.09. The van der Waals surface area contributed by atoms with E-state index in [9.17, 15) is 14.0 Å². The van der Waals surface area contributed by atoms with Gasteiger partial charge in [0.15, 0.2) is 0 Å². The van der Waals surface area contributed by atoms with Gasteiger partial charge in [0.25, 0.3) is 5.91 Å². The van der Waals surface area contributed by atoms with E-state index in [1.165, 1.54) is 6.07 Å². The first-order valence-corrected chi connectivity index (χ1v) is 10.9. The lowest BCUT2D eigenvalue weighted by atomic mass is 9.65. The minimum Gasteiger partial charge on any atom is -0.444 e. The molecule has 172 valence electrons. The Labute approximate surface area is 184 Å². The van der Waals surface area contributed by atoms with Gasteiger partial charge in [-0.15, -0.1) is 0 Å². The van der Waals surface area contributed by atoms with Gasteiger partial charge in [0.05, 0.1) is 5.69 Å². The van der Waals surface area contributed by atoms with Crippen molar-refractivity contribution in [3.8, 4) is 0 Å². The molecule has 2 N–H and O–H groups in total. The zero-order chi connectivity index (χ0) is 22.8. The van der Waals surface area contributed by atoms with Crippen molar-refractivity contribution in [2.75, 3.05) is 45.6 Å². The molecule has 1 aliphatic carbocycles. The Hall–Kier alpha value is -2.35. The first-order valence-electron chi connectivity index (χ1n) is 10.9. The average Bonchev–Trinajstić information content (AvgIpc) is 3.07. The van der Waals surface area contributed by atoms with E-state index < -0.39 is 11.4 Å². The van der Waals surface area contributed by atoms with Gasteiger partial charge in [-0.25, -0.2) is 9.18 Å². The van der Waals surface area contributed by atoms with E-state index >= 15 is 0 Å². The molecule has 0 atom stereocenters. The van der Waals surface area contributed by atoms with Gasteiger partial charge in [-0.3, -0.25) is 4.79 Å². The van der Waals surface area contributed by atoms with Crippen LogP contribution in [0.4, 0.5) is 14.9 Å². The Kier molecular flexibility index (Phi) is 6.79. The van der Waals surface area contributed by atoms with Crippen LogP contribution in [-0.2, 0) is 4.74 Å². The molecule has 2 amide bonds. The van der Waals surface area contributed by atoms with Crippen LogP contribution in [0, 0.1) is 11.2 Å². The van der Waals surface area contributed by atoms with Crippen molar-refractivity contribution in [3.05, 3.63) is 29.6 Å². The van der Waals surface area contributed by atoms with Crippen LogP contribution in [0.2, 0.25) is 0 Å². The summed E-state index contributed by atoms with van der Waals surface area (Å²) in [7, 11) is 3.86. The second-order valence-electron chi connectivity index (χ2n) is 10.2. The fraction of sp³-hybridized carbons (Fsp3) is 0.652. The zero-order valence-electron chi connectivity index (χ0n) is 19.3. The first-order chi connectivity index (χ1) is 14.5. The van der Waals surface area contributed by atoms with Crippen molar-refractivity contribution in [1.29, 1.82) is 0 Å². The number of anilines is 1. The fourth-order valence-corrected chi connectivity index (χ4v) is 4.33. The first kappa shape index (κ1) is 23.3. The van der Waals surface area contributed by atoms with Crippen LogP contribution >= 0.6 is 0 Å². The number of halogens is 1. The summed E-state index contributed by atoms with van der Waals surface area (Å²) in [4.78, 5) is 28.2.